The van der Waals surface area contributed by atoms with Crippen molar-refractivity contribution < 1.29 is 19.0 Å². The maximum Gasteiger partial charge on any atom is 0.338 e. The molecule has 10 heteroatoms. The summed E-state index contributed by atoms with van der Waals surface area (Å²) in [6.07, 6.45) is 9.00. The van der Waals surface area contributed by atoms with Crippen LogP contribution in [-0.4, -0.2) is 66.2 Å². The number of rotatable bonds is 9. The van der Waals surface area contributed by atoms with E-state index in [4.69, 9.17) is 24.2 Å². The summed E-state index contributed by atoms with van der Waals surface area (Å²) in [5, 5.41) is 0. The number of carbonyl (C=O) groups excluding carboxylic acids is 1. The summed E-state index contributed by atoms with van der Waals surface area (Å²) in [6, 6.07) is 15.8. The Labute approximate surface area is 263 Å². The van der Waals surface area contributed by atoms with Gasteiger partial charge in [0, 0.05) is 48.4 Å². The summed E-state index contributed by atoms with van der Waals surface area (Å²) in [7, 11) is 0. The second kappa shape index (κ2) is 12.3. The number of nitrogens with zero attached hydrogens (tertiary/aromatic N) is 6. The van der Waals surface area contributed by atoms with Crippen LogP contribution >= 0.6 is 0 Å². The first-order chi connectivity index (χ1) is 21.8. The molecule has 2 aliphatic heterocycles. The summed E-state index contributed by atoms with van der Waals surface area (Å²) in [5.41, 5.74) is 4.89. The average molecular weight is 609 g/mol. The normalized spacial score (nSPS) is 17.9. The van der Waals surface area contributed by atoms with E-state index in [0.717, 1.165) is 85.8 Å². The van der Waals surface area contributed by atoms with E-state index in [-0.39, 0.29) is 12.1 Å². The Bertz CT molecular complexity index is 1810. The molecule has 0 amide bonds. The van der Waals surface area contributed by atoms with Gasteiger partial charge in [0.25, 0.3) is 0 Å². The maximum absolute atomic E-state index is 12.8. The highest BCUT2D eigenvalue weighted by Crippen LogP contribution is 2.30. The highest BCUT2D eigenvalue weighted by molar-refractivity contribution is 5.94. The zero-order chi connectivity index (χ0) is 31.0. The number of likely N-dealkylation sites (tertiary alicyclic amines) is 1. The minimum Gasteiger partial charge on any atom is -0.473 e. The fourth-order valence-electron chi connectivity index (χ4n) is 6.13. The highest BCUT2D eigenvalue weighted by atomic mass is 16.6. The number of carbonyl (C=O) groups is 1. The molecule has 5 aromatic rings. The van der Waals surface area contributed by atoms with E-state index in [9.17, 15) is 4.79 Å². The molecule has 0 bridgehead atoms. The highest BCUT2D eigenvalue weighted by Gasteiger charge is 2.27. The Hall–Kier alpha value is -4.28. The van der Waals surface area contributed by atoms with Gasteiger partial charge in [-0.05, 0) is 83.5 Å². The minimum absolute atomic E-state index is 0.173. The van der Waals surface area contributed by atoms with Crippen LogP contribution in [0, 0.1) is 0 Å². The SMILES string of the molecule is CC(C)(C)OC(=O)c1ccc2nc(CN3CCC(c4cccc(OCc5ccc6nccn6c5)n4)CC3)n(CC3CCO3)c2c1. The number of esters is 1. The molecule has 2 fully saturated rings. The van der Waals surface area contributed by atoms with Gasteiger partial charge >= 0.3 is 5.97 Å². The summed E-state index contributed by atoms with van der Waals surface area (Å²) in [4.78, 5) is 29.5. The second-order valence-corrected chi connectivity index (χ2v) is 13.1. The summed E-state index contributed by atoms with van der Waals surface area (Å²) in [6.45, 7) is 10.3. The molecule has 0 radical (unpaired) electrons. The van der Waals surface area contributed by atoms with Crippen LogP contribution in [-0.2, 0) is 29.2 Å². The van der Waals surface area contributed by atoms with Gasteiger partial charge in [0.1, 0.15) is 23.7 Å². The standard InChI is InChI=1S/C35H40N6O4/c1-35(2,3)45-34(42)26-8-9-29-30(19-26)41(21-27-13-18-43-27)32(37-29)22-39-15-11-25(12-16-39)28-5-4-6-33(38-28)44-23-24-7-10-31-36-14-17-40(31)20-24/h4-10,14,17,19-20,25,27H,11-13,15-16,18,21-23H2,1-3H3. The Morgan fingerprint density at radius 1 is 1.04 bits per heavy atom. The number of imidazole rings is 2. The van der Waals surface area contributed by atoms with Gasteiger partial charge < -0.3 is 23.2 Å². The van der Waals surface area contributed by atoms with Gasteiger partial charge in [-0.15, -0.1) is 0 Å². The number of hydrogen-bond donors (Lipinski definition) is 0. The Morgan fingerprint density at radius 3 is 2.67 bits per heavy atom. The van der Waals surface area contributed by atoms with Crippen LogP contribution in [0.15, 0.2) is 67.1 Å². The molecule has 1 aromatic carbocycles. The molecule has 7 rings (SSSR count). The van der Waals surface area contributed by atoms with Crippen LogP contribution in [0.1, 0.15) is 73.4 Å². The first kappa shape index (κ1) is 29.4. The zero-order valence-electron chi connectivity index (χ0n) is 26.2. The average Bonchev–Trinajstić information content (AvgIpc) is 3.61. The molecular weight excluding hydrogens is 568 g/mol. The smallest absolute Gasteiger partial charge is 0.338 e. The number of aromatic nitrogens is 5. The Balaban J connectivity index is 1.01. The fraction of sp³-hybridized carbons (Fsp3) is 0.429. The van der Waals surface area contributed by atoms with Gasteiger partial charge in [0.05, 0.1) is 35.8 Å². The van der Waals surface area contributed by atoms with Crippen LogP contribution in [0.5, 0.6) is 5.88 Å². The molecular formula is C35H40N6O4. The molecule has 234 valence electrons. The molecule has 10 nitrogen and oxygen atoms in total. The van der Waals surface area contributed by atoms with Crippen LogP contribution in [0.3, 0.4) is 0 Å². The number of pyridine rings is 2. The molecule has 0 aliphatic carbocycles. The lowest BCUT2D eigenvalue weighted by molar-refractivity contribution is -0.0592. The monoisotopic (exact) mass is 608 g/mol. The van der Waals surface area contributed by atoms with Gasteiger partial charge in [-0.3, -0.25) is 4.90 Å². The molecule has 6 heterocycles. The lowest BCUT2D eigenvalue weighted by Gasteiger charge is -2.32. The van der Waals surface area contributed by atoms with Gasteiger partial charge in [0.15, 0.2) is 0 Å². The number of benzene rings is 1. The van der Waals surface area contributed by atoms with Crippen molar-refractivity contribution in [1.82, 2.24) is 28.8 Å². The van der Waals surface area contributed by atoms with E-state index in [2.05, 4.69) is 20.5 Å². The minimum atomic E-state index is -0.552. The fourth-order valence-corrected chi connectivity index (χ4v) is 6.13. The van der Waals surface area contributed by atoms with E-state index in [1.807, 2.05) is 80.0 Å². The molecule has 4 aromatic heterocycles. The van der Waals surface area contributed by atoms with Gasteiger partial charge in [-0.1, -0.05) is 12.1 Å². The largest absolute Gasteiger partial charge is 0.473 e. The molecule has 45 heavy (non-hydrogen) atoms. The van der Waals surface area contributed by atoms with E-state index in [1.54, 1.807) is 6.20 Å². The predicted octanol–water partition coefficient (Wildman–Crippen LogP) is 5.78. The molecule has 1 unspecified atom stereocenters. The quantitative estimate of drug-likeness (QED) is 0.194. The van der Waals surface area contributed by atoms with Gasteiger partial charge in [-0.2, -0.15) is 0 Å². The topological polar surface area (TPSA) is 96.0 Å². The zero-order valence-corrected chi connectivity index (χ0v) is 26.2. The molecule has 0 saturated carbocycles. The van der Waals surface area contributed by atoms with Crippen molar-refractivity contribution in [1.29, 1.82) is 0 Å². The van der Waals surface area contributed by atoms with E-state index in [0.29, 0.717) is 24.0 Å². The number of fused-ring (bicyclic) bond motifs is 2. The first-order valence-corrected chi connectivity index (χ1v) is 15.9. The van der Waals surface area contributed by atoms with Crippen molar-refractivity contribution in [3.05, 3.63) is 89.8 Å². The van der Waals surface area contributed by atoms with Crippen molar-refractivity contribution in [3.8, 4) is 5.88 Å². The van der Waals surface area contributed by atoms with Crippen molar-refractivity contribution in [3.63, 3.8) is 0 Å². The summed E-state index contributed by atoms with van der Waals surface area (Å²) >= 11 is 0. The maximum atomic E-state index is 12.8. The summed E-state index contributed by atoms with van der Waals surface area (Å²) in [5.74, 6) is 1.71. The van der Waals surface area contributed by atoms with Crippen LogP contribution in [0.2, 0.25) is 0 Å². The number of hydrogen-bond acceptors (Lipinski definition) is 8. The second-order valence-electron chi connectivity index (χ2n) is 13.1. The third-order valence-electron chi connectivity index (χ3n) is 8.59. The Kier molecular flexibility index (Phi) is 8.01. The summed E-state index contributed by atoms with van der Waals surface area (Å²) < 4.78 is 21.7. The molecule has 2 aliphatic rings. The molecule has 0 N–H and O–H groups in total. The van der Waals surface area contributed by atoms with Crippen LogP contribution < -0.4 is 4.74 Å². The molecule has 0 spiro atoms. The van der Waals surface area contributed by atoms with Gasteiger partial charge in [0.2, 0.25) is 5.88 Å². The Morgan fingerprint density at radius 2 is 1.89 bits per heavy atom. The van der Waals surface area contributed by atoms with Crippen molar-refractivity contribution in [2.24, 2.45) is 0 Å². The molecule has 2 saturated heterocycles. The lowest BCUT2D eigenvalue weighted by Crippen LogP contribution is -2.35. The van der Waals surface area contributed by atoms with Crippen LogP contribution in [0.4, 0.5) is 0 Å². The van der Waals surface area contributed by atoms with E-state index < -0.39 is 5.60 Å². The third-order valence-corrected chi connectivity index (χ3v) is 8.59. The number of ether oxygens (including phenoxy) is 3. The molecule has 1 atom stereocenters. The van der Waals surface area contributed by atoms with Gasteiger partial charge in [-0.25, -0.2) is 19.7 Å². The number of piperidine rings is 1. The third kappa shape index (κ3) is 6.72. The van der Waals surface area contributed by atoms with Crippen molar-refractivity contribution >= 4 is 22.6 Å². The predicted molar refractivity (Wildman–Crippen MR) is 170 cm³/mol. The van der Waals surface area contributed by atoms with Crippen molar-refractivity contribution in [2.75, 3.05) is 19.7 Å². The first-order valence-electron chi connectivity index (χ1n) is 15.9. The van der Waals surface area contributed by atoms with Crippen molar-refractivity contribution in [2.45, 2.75) is 77.4 Å². The van der Waals surface area contributed by atoms with Crippen LogP contribution in [0.25, 0.3) is 16.7 Å². The lowest BCUT2D eigenvalue weighted by atomic mass is 9.93. The van der Waals surface area contributed by atoms with E-state index in [1.165, 1.54) is 0 Å². The van der Waals surface area contributed by atoms with E-state index >= 15 is 0 Å².